The Balaban J connectivity index is 4.91. The first-order valence-electron chi connectivity index (χ1n) is 3.33. The second kappa shape index (κ2) is 3.23. The molecule has 5 heteroatoms. The standard InChI is InChI=1S/C7H11NO3S/c1-7(2,12(3,10)11)6(9)4-5-8/h4H2,1-3H3. The molecule has 0 aromatic heterocycles. The molecule has 0 saturated carbocycles. The monoisotopic (exact) mass is 189 g/mol. The van der Waals surface area contributed by atoms with Crippen molar-refractivity contribution in [2.24, 2.45) is 0 Å². The minimum atomic E-state index is -3.42. The number of sulfone groups is 1. The zero-order valence-electron chi connectivity index (χ0n) is 7.29. The Labute approximate surface area is 72.1 Å². The van der Waals surface area contributed by atoms with Gasteiger partial charge in [0.15, 0.2) is 15.6 Å². The average Bonchev–Trinajstić information content (AvgIpc) is 1.85. The van der Waals surface area contributed by atoms with Gasteiger partial charge in [-0.2, -0.15) is 5.26 Å². The van der Waals surface area contributed by atoms with Crippen molar-refractivity contribution in [2.75, 3.05) is 6.26 Å². The third-order valence-corrected chi connectivity index (χ3v) is 3.92. The topological polar surface area (TPSA) is 75.0 Å². The summed E-state index contributed by atoms with van der Waals surface area (Å²) < 4.78 is 20.6. The molecule has 0 aliphatic heterocycles. The quantitative estimate of drug-likeness (QED) is 0.639. The van der Waals surface area contributed by atoms with E-state index in [9.17, 15) is 13.2 Å². The summed E-state index contributed by atoms with van der Waals surface area (Å²) in [5.41, 5.74) is 0. The summed E-state index contributed by atoms with van der Waals surface area (Å²) in [6, 6.07) is 1.63. The van der Waals surface area contributed by atoms with Crippen molar-refractivity contribution in [1.82, 2.24) is 0 Å². The predicted molar refractivity (Wildman–Crippen MR) is 44.2 cm³/mol. The van der Waals surface area contributed by atoms with E-state index in [2.05, 4.69) is 0 Å². The molecule has 0 rings (SSSR count). The van der Waals surface area contributed by atoms with Gasteiger partial charge in [0.05, 0.1) is 12.5 Å². The number of ketones is 1. The van der Waals surface area contributed by atoms with Crippen molar-refractivity contribution in [3.05, 3.63) is 0 Å². The minimum Gasteiger partial charge on any atom is -0.297 e. The molecule has 0 amide bonds. The van der Waals surface area contributed by atoms with Crippen LogP contribution in [-0.2, 0) is 14.6 Å². The molecule has 0 saturated heterocycles. The fourth-order valence-corrected chi connectivity index (χ4v) is 0.977. The van der Waals surface area contributed by atoms with E-state index >= 15 is 0 Å². The summed E-state index contributed by atoms with van der Waals surface area (Å²) in [6.45, 7) is 2.62. The number of hydrogen-bond acceptors (Lipinski definition) is 4. The zero-order valence-corrected chi connectivity index (χ0v) is 8.10. The van der Waals surface area contributed by atoms with Crippen LogP contribution in [0.4, 0.5) is 0 Å². The predicted octanol–water partition coefficient (Wildman–Crippen LogP) is 0.292. The second-order valence-electron chi connectivity index (χ2n) is 3.04. The number of carbonyl (C=O) groups is 1. The lowest BCUT2D eigenvalue weighted by Gasteiger charge is -2.18. The third-order valence-electron chi connectivity index (χ3n) is 1.84. The Bertz CT molecular complexity index is 321. The van der Waals surface area contributed by atoms with E-state index in [0.717, 1.165) is 6.26 Å². The highest BCUT2D eigenvalue weighted by molar-refractivity contribution is 7.92. The first-order chi connectivity index (χ1) is 5.23. The Kier molecular flexibility index (Phi) is 2.99. The Hall–Kier alpha value is -0.890. The lowest BCUT2D eigenvalue weighted by atomic mass is 10.1. The van der Waals surface area contributed by atoms with Crippen LogP contribution in [-0.4, -0.2) is 25.2 Å². The van der Waals surface area contributed by atoms with E-state index in [1.54, 1.807) is 6.07 Å². The molecule has 0 aromatic carbocycles. The van der Waals surface area contributed by atoms with Crippen LogP contribution in [0, 0.1) is 11.3 Å². The molecule has 0 atom stereocenters. The number of nitriles is 1. The van der Waals surface area contributed by atoms with Crippen LogP contribution in [0.3, 0.4) is 0 Å². The Morgan fingerprint density at radius 3 is 2.17 bits per heavy atom. The summed E-state index contributed by atoms with van der Waals surface area (Å²) in [5.74, 6) is -0.562. The summed E-state index contributed by atoms with van der Waals surface area (Å²) in [6.07, 6.45) is 0.627. The highest BCUT2D eigenvalue weighted by atomic mass is 32.2. The van der Waals surface area contributed by atoms with Gasteiger partial charge in [0.25, 0.3) is 0 Å². The number of nitrogens with zero attached hydrogens (tertiary/aromatic N) is 1. The molecular formula is C7H11NO3S. The van der Waals surface area contributed by atoms with Crippen molar-refractivity contribution in [2.45, 2.75) is 25.0 Å². The smallest absolute Gasteiger partial charge is 0.167 e. The molecule has 0 aliphatic carbocycles. The van der Waals surface area contributed by atoms with Gasteiger partial charge in [0, 0.05) is 6.26 Å². The molecule has 12 heavy (non-hydrogen) atoms. The van der Waals surface area contributed by atoms with Gasteiger partial charge < -0.3 is 0 Å². The summed E-state index contributed by atoms with van der Waals surface area (Å²) >= 11 is 0. The maximum atomic E-state index is 11.1. The fraction of sp³-hybridized carbons (Fsp3) is 0.714. The summed E-state index contributed by atoms with van der Waals surface area (Å²) in [7, 11) is -3.42. The highest BCUT2D eigenvalue weighted by Gasteiger charge is 2.37. The number of hydrogen-bond donors (Lipinski definition) is 0. The van der Waals surface area contributed by atoms with Crippen molar-refractivity contribution in [3.63, 3.8) is 0 Å². The van der Waals surface area contributed by atoms with Crippen LogP contribution in [0.1, 0.15) is 20.3 Å². The number of rotatable bonds is 3. The fourth-order valence-electron chi connectivity index (χ4n) is 0.491. The minimum absolute atomic E-state index is 0.361. The molecule has 0 unspecified atom stereocenters. The lowest BCUT2D eigenvalue weighted by Crippen LogP contribution is -2.39. The van der Waals surface area contributed by atoms with E-state index in [1.807, 2.05) is 0 Å². The van der Waals surface area contributed by atoms with Gasteiger partial charge in [0.2, 0.25) is 0 Å². The molecule has 0 fully saturated rings. The first-order valence-corrected chi connectivity index (χ1v) is 5.22. The van der Waals surface area contributed by atoms with Gasteiger partial charge in [-0.05, 0) is 13.8 Å². The zero-order chi connectivity index (χ0) is 9.99. The van der Waals surface area contributed by atoms with E-state index in [4.69, 9.17) is 5.26 Å². The molecule has 0 aromatic rings. The third kappa shape index (κ3) is 2.05. The molecule has 0 bridgehead atoms. The van der Waals surface area contributed by atoms with Gasteiger partial charge in [-0.25, -0.2) is 8.42 Å². The molecule has 68 valence electrons. The van der Waals surface area contributed by atoms with Crippen LogP contribution in [0.2, 0.25) is 0 Å². The van der Waals surface area contributed by atoms with E-state index in [0.29, 0.717) is 0 Å². The lowest BCUT2D eigenvalue weighted by molar-refractivity contribution is -0.119. The molecule has 0 radical (unpaired) electrons. The van der Waals surface area contributed by atoms with Gasteiger partial charge in [-0.15, -0.1) is 0 Å². The van der Waals surface area contributed by atoms with Crippen molar-refractivity contribution in [3.8, 4) is 6.07 Å². The summed E-state index contributed by atoms with van der Waals surface area (Å²) in [4.78, 5) is 11.1. The molecule has 0 aliphatic rings. The molecule has 0 N–H and O–H groups in total. The highest BCUT2D eigenvalue weighted by Crippen LogP contribution is 2.17. The number of carbonyl (C=O) groups excluding carboxylic acids is 1. The molecular weight excluding hydrogens is 178 g/mol. The van der Waals surface area contributed by atoms with Crippen LogP contribution < -0.4 is 0 Å². The van der Waals surface area contributed by atoms with Crippen LogP contribution in [0.25, 0.3) is 0 Å². The van der Waals surface area contributed by atoms with Gasteiger partial charge >= 0.3 is 0 Å². The average molecular weight is 189 g/mol. The normalized spacial score (nSPS) is 12.2. The van der Waals surface area contributed by atoms with Gasteiger partial charge in [-0.3, -0.25) is 4.79 Å². The molecule has 0 spiro atoms. The Morgan fingerprint density at radius 2 is 1.92 bits per heavy atom. The van der Waals surface area contributed by atoms with Gasteiger partial charge in [-0.1, -0.05) is 0 Å². The van der Waals surface area contributed by atoms with Crippen LogP contribution in [0.15, 0.2) is 0 Å². The van der Waals surface area contributed by atoms with Crippen molar-refractivity contribution in [1.29, 1.82) is 5.26 Å². The maximum absolute atomic E-state index is 11.1. The number of Topliss-reactive ketones (excluding diaryl/α,β-unsaturated/α-hetero) is 1. The maximum Gasteiger partial charge on any atom is 0.167 e. The largest absolute Gasteiger partial charge is 0.297 e. The van der Waals surface area contributed by atoms with Crippen LogP contribution in [0.5, 0.6) is 0 Å². The van der Waals surface area contributed by atoms with E-state index < -0.39 is 20.4 Å². The van der Waals surface area contributed by atoms with Crippen molar-refractivity contribution < 1.29 is 13.2 Å². The molecule has 4 nitrogen and oxygen atoms in total. The van der Waals surface area contributed by atoms with E-state index in [-0.39, 0.29) is 6.42 Å². The van der Waals surface area contributed by atoms with E-state index in [1.165, 1.54) is 13.8 Å². The second-order valence-corrected chi connectivity index (χ2v) is 5.61. The van der Waals surface area contributed by atoms with Crippen LogP contribution >= 0.6 is 0 Å². The Morgan fingerprint density at radius 1 is 1.50 bits per heavy atom. The molecule has 0 heterocycles. The SMILES string of the molecule is CC(C)(C(=O)CC#N)S(C)(=O)=O. The van der Waals surface area contributed by atoms with Gasteiger partial charge in [0.1, 0.15) is 4.75 Å². The summed E-state index contributed by atoms with van der Waals surface area (Å²) in [5, 5.41) is 8.20. The first kappa shape index (κ1) is 11.1. The van der Waals surface area contributed by atoms with Crippen molar-refractivity contribution >= 4 is 15.6 Å².